The maximum Gasteiger partial charge on any atom is 0.249 e. The maximum atomic E-state index is 12.3. The molecule has 28 heavy (non-hydrogen) atoms. The van der Waals surface area contributed by atoms with E-state index < -0.39 is 10.0 Å². The van der Waals surface area contributed by atoms with E-state index in [9.17, 15) is 13.2 Å². The summed E-state index contributed by atoms with van der Waals surface area (Å²) in [6, 6.07) is 11.4. The number of benzene rings is 1. The van der Waals surface area contributed by atoms with Gasteiger partial charge in [-0.2, -0.15) is 5.10 Å². The minimum atomic E-state index is -3.65. The highest BCUT2D eigenvalue weighted by molar-refractivity contribution is 7.89. The minimum Gasteiger partial charge on any atom is -0.468 e. The summed E-state index contributed by atoms with van der Waals surface area (Å²) in [5.74, 6) is 0.814. The number of furan rings is 1. The summed E-state index contributed by atoms with van der Waals surface area (Å²) in [6.07, 6.45) is 4.46. The van der Waals surface area contributed by atoms with E-state index in [1.165, 1.54) is 24.5 Å². The lowest BCUT2D eigenvalue weighted by atomic mass is 10.2. The van der Waals surface area contributed by atoms with Crippen LogP contribution in [0.3, 0.4) is 0 Å². The molecule has 0 aliphatic carbocycles. The molecular weight excluding hydrogens is 380 g/mol. The number of nitrogens with zero attached hydrogens (tertiary/aromatic N) is 2. The fourth-order valence-corrected chi connectivity index (χ4v) is 3.48. The van der Waals surface area contributed by atoms with E-state index in [0.29, 0.717) is 17.1 Å². The van der Waals surface area contributed by atoms with Crippen molar-refractivity contribution in [3.63, 3.8) is 0 Å². The van der Waals surface area contributed by atoms with E-state index in [1.54, 1.807) is 48.1 Å². The second-order valence-corrected chi connectivity index (χ2v) is 7.86. The molecular formula is C19H20N4O4S. The van der Waals surface area contributed by atoms with E-state index in [1.807, 2.05) is 6.92 Å². The van der Waals surface area contributed by atoms with Crippen molar-refractivity contribution >= 4 is 27.8 Å². The van der Waals surface area contributed by atoms with Crippen molar-refractivity contribution in [2.24, 2.45) is 7.05 Å². The Labute approximate surface area is 162 Å². The average Bonchev–Trinajstić information content (AvgIpc) is 3.28. The third-order valence-electron chi connectivity index (χ3n) is 3.89. The number of aryl methyl sites for hydroxylation is 2. The van der Waals surface area contributed by atoms with Gasteiger partial charge in [0.25, 0.3) is 0 Å². The number of rotatable bonds is 7. The predicted octanol–water partition coefficient (Wildman–Crippen LogP) is 2.45. The first-order chi connectivity index (χ1) is 13.3. The molecule has 3 rings (SSSR count). The molecule has 0 atom stereocenters. The van der Waals surface area contributed by atoms with Crippen molar-refractivity contribution in [1.29, 1.82) is 0 Å². The van der Waals surface area contributed by atoms with E-state index in [-0.39, 0.29) is 17.3 Å². The van der Waals surface area contributed by atoms with Gasteiger partial charge in [-0.15, -0.1) is 0 Å². The molecule has 1 amide bonds. The zero-order valence-corrected chi connectivity index (χ0v) is 16.2. The fourth-order valence-electron chi connectivity index (χ4n) is 2.49. The normalized spacial score (nSPS) is 11.8. The first kappa shape index (κ1) is 19.6. The van der Waals surface area contributed by atoms with Gasteiger partial charge in [0.2, 0.25) is 15.9 Å². The molecule has 0 radical (unpaired) electrons. The smallest absolute Gasteiger partial charge is 0.249 e. The van der Waals surface area contributed by atoms with Crippen LogP contribution < -0.4 is 10.0 Å². The molecule has 2 N–H and O–H groups in total. The Morgan fingerprint density at radius 2 is 2.00 bits per heavy atom. The monoisotopic (exact) mass is 400 g/mol. The lowest BCUT2D eigenvalue weighted by Gasteiger charge is -2.05. The van der Waals surface area contributed by atoms with Gasteiger partial charge in [-0.3, -0.25) is 9.48 Å². The Kier molecular flexibility index (Phi) is 5.76. The lowest BCUT2D eigenvalue weighted by Crippen LogP contribution is -2.22. The third-order valence-corrected chi connectivity index (χ3v) is 5.30. The van der Waals surface area contributed by atoms with Gasteiger partial charge in [0.1, 0.15) is 11.6 Å². The Bertz CT molecular complexity index is 1080. The Morgan fingerprint density at radius 1 is 1.25 bits per heavy atom. The number of aromatic nitrogens is 2. The molecule has 2 aromatic heterocycles. The molecule has 0 spiro atoms. The molecule has 9 heteroatoms. The topological polar surface area (TPSA) is 106 Å². The van der Waals surface area contributed by atoms with Crippen LogP contribution in [0.25, 0.3) is 6.08 Å². The van der Waals surface area contributed by atoms with Crippen LogP contribution in [-0.4, -0.2) is 24.1 Å². The molecule has 146 valence electrons. The molecule has 1 aromatic carbocycles. The van der Waals surface area contributed by atoms with Crippen molar-refractivity contribution in [2.75, 3.05) is 5.32 Å². The molecule has 0 fully saturated rings. The first-order valence-corrected chi connectivity index (χ1v) is 9.93. The van der Waals surface area contributed by atoms with Crippen LogP contribution in [0.15, 0.2) is 64.1 Å². The zero-order chi connectivity index (χ0) is 20.1. The molecule has 3 aromatic rings. The lowest BCUT2D eigenvalue weighted by molar-refractivity contribution is -0.111. The summed E-state index contributed by atoms with van der Waals surface area (Å²) in [6.45, 7) is 1.91. The number of amides is 1. The number of carbonyl (C=O) groups is 1. The highest BCUT2D eigenvalue weighted by Crippen LogP contribution is 2.13. The van der Waals surface area contributed by atoms with Crippen molar-refractivity contribution in [1.82, 2.24) is 14.5 Å². The van der Waals surface area contributed by atoms with Gasteiger partial charge in [-0.1, -0.05) is 12.1 Å². The van der Waals surface area contributed by atoms with Gasteiger partial charge in [0, 0.05) is 19.2 Å². The zero-order valence-electron chi connectivity index (χ0n) is 15.4. The summed E-state index contributed by atoms with van der Waals surface area (Å²) in [7, 11) is -1.91. The predicted molar refractivity (Wildman–Crippen MR) is 105 cm³/mol. The maximum absolute atomic E-state index is 12.3. The van der Waals surface area contributed by atoms with Crippen LogP contribution in [0.2, 0.25) is 0 Å². The Morgan fingerprint density at radius 3 is 2.61 bits per heavy atom. The van der Waals surface area contributed by atoms with E-state index in [2.05, 4.69) is 15.1 Å². The van der Waals surface area contributed by atoms with Crippen molar-refractivity contribution < 1.29 is 17.6 Å². The standard InChI is InChI=1S/C19H20N4O4S/c1-14-12-18(23(2)22-14)21-19(24)10-7-15-5-8-17(9-6-15)28(25,26)20-13-16-4-3-11-27-16/h3-12,20H,13H2,1-2H3,(H,21,24)/b10-7+. The van der Waals surface area contributed by atoms with E-state index in [0.717, 1.165) is 5.69 Å². The summed E-state index contributed by atoms with van der Waals surface area (Å²) in [5.41, 5.74) is 1.50. The van der Waals surface area contributed by atoms with Crippen molar-refractivity contribution in [3.05, 3.63) is 71.8 Å². The fraction of sp³-hybridized carbons (Fsp3) is 0.158. The Hall–Kier alpha value is -3.17. The van der Waals surface area contributed by atoms with E-state index in [4.69, 9.17) is 4.42 Å². The van der Waals surface area contributed by atoms with Gasteiger partial charge in [-0.05, 0) is 42.8 Å². The molecule has 0 saturated heterocycles. The number of nitrogens with one attached hydrogen (secondary N) is 2. The van der Waals surface area contributed by atoms with Gasteiger partial charge >= 0.3 is 0 Å². The molecule has 8 nitrogen and oxygen atoms in total. The van der Waals surface area contributed by atoms with E-state index >= 15 is 0 Å². The van der Waals surface area contributed by atoms with Gasteiger partial charge in [0.05, 0.1) is 23.4 Å². The van der Waals surface area contributed by atoms with Crippen LogP contribution in [-0.2, 0) is 28.4 Å². The Balaban J connectivity index is 1.61. The summed E-state index contributed by atoms with van der Waals surface area (Å²) >= 11 is 0. The first-order valence-electron chi connectivity index (χ1n) is 8.45. The number of sulfonamides is 1. The van der Waals surface area contributed by atoms with Crippen LogP contribution in [0.5, 0.6) is 0 Å². The number of carbonyl (C=O) groups excluding carboxylic acids is 1. The summed E-state index contributed by atoms with van der Waals surface area (Å²) in [5, 5.41) is 6.88. The highest BCUT2D eigenvalue weighted by Gasteiger charge is 2.14. The summed E-state index contributed by atoms with van der Waals surface area (Å²) < 4.78 is 33.8. The van der Waals surface area contributed by atoms with Crippen LogP contribution >= 0.6 is 0 Å². The highest BCUT2D eigenvalue weighted by atomic mass is 32.2. The quantitative estimate of drug-likeness (QED) is 0.593. The molecule has 0 unspecified atom stereocenters. The van der Waals surface area contributed by atoms with Crippen molar-refractivity contribution in [3.8, 4) is 0 Å². The van der Waals surface area contributed by atoms with Gasteiger partial charge in [-0.25, -0.2) is 13.1 Å². The van der Waals surface area contributed by atoms with Crippen molar-refractivity contribution in [2.45, 2.75) is 18.4 Å². The van der Waals surface area contributed by atoms with Crippen LogP contribution in [0.1, 0.15) is 17.0 Å². The molecule has 0 saturated carbocycles. The SMILES string of the molecule is Cc1cc(NC(=O)/C=C/c2ccc(S(=O)(=O)NCc3ccco3)cc2)n(C)n1. The second kappa shape index (κ2) is 8.24. The largest absolute Gasteiger partial charge is 0.468 e. The van der Waals surface area contributed by atoms with Crippen LogP contribution in [0.4, 0.5) is 5.82 Å². The van der Waals surface area contributed by atoms with Gasteiger partial charge in [0.15, 0.2) is 0 Å². The third kappa shape index (κ3) is 4.96. The number of anilines is 1. The second-order valence-electron chi connectivity index (χ2n) is 6.09. The molecule has 0 aliphatic rings. The molecule has 2 heterocycles. The minimum absolute atomic E-state index is 0.0741. The number of hydrogen-bond acceptors (Lipinski definition) is 5. The summed E-state index contributed by atoms with van der Waals surface area (Å²) in [4.78, 5) is 12.1. The molecule has 0 bridgehead atoms. The van der Waals surface area contributed by atoms with Gasteiger partial charge < -0.3 is 9.73 Å². The van der Waals surface area contributed by atoms with Crippen LogP contribution in [0, 0.1) is 6.92 Å². The molecule has 0 aliphatic heterocycles. The average molecular weight is 400 g/mol. The number of hydrogen-bond donors (Lipinski definition) is 2.